The van der Waals surface area contributed by atoms with E-state index in [0.717, 1.165) is 43.8 Å². The maximum absolute atomic E-state index is 12.9. The molecule has 0 saturated carbocycles. The molecule has 146 valence electrons. The highest BCUT2D eigenvalue weighted by molar-refractivity contribution is 7.09. The van der Waals surface area contributed by atoms with Crippen LogP contribution in [0, 0.1) is 6.92 Å². The van der Waals surface area contributed by atoms with Crippen LogP contribution in [0.15, 0.2) is 35.7 Å². The molecule has 1 unspecified atom stereocenters. The molecule has 1 aromatic carbocycles. The third-order valence-electron chi connectivity index (χ3n) is 5.15. The second-order valence-electron chi connectivity index (χ2n) is 7.76. The monoisotopic (exact) mass is 387 g/mol. The van der Waals surface area contributed by atoms with Crippen LogP contribution in [0.5, 0.6) is 0 Å². The second kappa shape index (κ2) is 9.49. The standard InChI is InChI=1S/C22H30N2O2S/c1-16(2)20-10-4-7-17(3)22(20)23-21(25)15-24(13-18-8-5-11-26-18)14-19-9-6-12-27-19/h4,6-7,9-10,12,16,18H,5,8,11,13-15H2,1-3H3,(H,23,25)/p+1/t18-/m0/s1. The van der Waals surface area contributed by atoms with E-state index < -0.39 is 0 Å². The number of thiophene rings is 1. The molecule has 4 nitrogen and oxygen atoms in total. The van der Waals surface area contributed by atoms with Gasteiger partial charge in [-0.3, -0.25) is 4.79 Å². The lowest BCUT2D eigenvalue weighted by atomic mass is 9.98. The van der Waals surface area contributed by atoms with E-state index in [2.05, 4.69) is 61.8 Å². The average molecular weight is 388 g/mol. The van der Waals surface area contributed by atoms with Gasteiger partial charge in [0, 0.05) is 12.3 Å². The second-order valence-corrected chi connectivity index (χ2v) is 8.80. The summed E-state index contributed by atoms with van der Waals surface area (Å²) in [4.78, 5) is 15.5. The number of carbonyl (C=O) groups excluding carboxylic acids is 1. The Morgan fingerprint density at radius 3 is 2.85 bits per heavy atom. The van der Waals surface area contributed by atoms with Crippen LogP contribution in [0.4, 0.5) is 5.69 Å². The van der Waals surface area contributed by atoms with Crippen molar-refractivity contribution < 1.29 is 14.4 Å². The molecular weight excluding hydrogens is 356 g/mol. The molecule has 1 aliphatic rings. The lowest BCUT2D eigenvalue weighted by molar-refractivity contribution is -0.908. The van der Waals surface area contributed by atoms with Crippen LogP contribution in [0.1, 0.15) is 48.6 Å². The first-order chi connectivity index (χ1) is 13.0. The quantitative estimate of drug-likeness (QED) is 0.729. The van der Waals surface area contributed by atoms with Crippen LogP contribution in [0.25, 0.3) is 0 Å². The fourth-order valence-electron chi connectivity index (χ4n) is 3.75. The van der Waals surface area contributed by atoms with Crippen molar-refractivity contribution in [2.45, 2.75) is 52.2 Å². The van der Waals surface area contributed by atoms with Crippen LogP contribution < -0.4 is 10.2 Å². The lowest BCUT2D eigenvalue weighted by Gasteiger charge is -2.22. The van der Waals surface area contributed by atoms with E-state index >= 15 is 0 Å². The Labute approximate surface area is 166 Å². The Morgan fingerprint density at radius 1 is 1.33 bits per heavy atom. The molecule has 1 fully saturated rings. The summed E-state index contributed by atoms with van der Waals surface area (Å²) in [5.41, 5.74) is 3.29. The van der Waals surface area contributed by atoms with Gasteiger partial charge in [0.1, 0.15) is 19.2 Å². The van der Waals surface area contributed by atoms with Gasteiger partial charge in [0.05, 0.1) is 4.88 Å². The Bertz CT molecular complexity index is 737. The van der Waals surface area contributed by atoms with Gasteiger partial charge in [-0.2, -0.15) is 0 Å². The molecule has 1 saturated heterocycles. The first-order valence-corrected chi connectivity index (χ1v) is 10.8. The Hall–Kier alpha value is -1.69. The van der Waals surface area contributed by atoms with Crippen LogP contribution in [-0.4, -0.2) is 31.7 Å². The highest BCUT2D eigenvalue weighted by Crippen LogP contribution is 2.27. The summed E-state index contributed by atoms with van der Waals surface area (Å²) in [5, 5.41) is 5.30. The fourth-order valence-corrected chi connectivity index (χ4v) is 4.52. The van der Waals surface area contributed by atoms with Gasteiger partial charge < -0.3 is 15.0 Å². The van der Waals surface area contributed by atoms with Gasteiger partial charge in [0.2, 0.25) is 0 Å². The molecule has 0 aliphatic carbocycles. The molecule has 5 heteroatoms. The maximum atomic E-state index is 12.9. The SMILES string of the molecule is Cc1cccc(C(C)C)c1NC(=O)C[NH+](Cc1cccs1)C[C@@H]1CCCO1. The molecule has 2 aromatic rings. The van der Waals surface area contributed by atoms with Gasteiger partial charge in [-0.25, -0.2) is 0 Å². The number of ether oxygens (including phenoxy) is 1. The summed E-state index contributed by atoms with van der Waals surface area (Å²) in [5.74, 6) is 0.456. The number of aryl methyl sites for hydroxylation is 1. The number of anilines is 1. The van der Waals surface area contributed by atoms with Crippen molar-refractivity contribution in [2.75, 3.05) is 25.0 Å². The number of benzene rings is 1. The van der Waals surface area contributed by atoms with Crippen molar-refractivity contribution >= 4 is 22.9 Å². The third-order valence-corrected chi connectivity index (χ3v) is 6.02. The van der Waals surface area contributed by atoms with E-state index in [1.165, 1.54) is 15.3 Å². The van der Waals surface area contributed by atoms with E-state index in [1.54, 1.807) is 11.3 Å². The smallest absolute Gasteiger partial charge is 0.279 e. The molecule has 2 heterocycles. The number of rotatable bonds is 8. The minimum absolute atomic E-state index is 0.0794. The van der Waals surface area contributed by atoms with E-state index in [9.17, 15) is 4.79 Å². The zero-order valence-corrected chi connectivity index (χ0v) is 17.4. The first kappa shape index (κ1) is 20.1. The van der Waals surface area contributed by atoms with Crippen molar-refractivity contribution in [3.05, 3.63) is 51.7 Å². The Balaban J connectivity index is 1.68. The van der Waals surface area contributed by atoms with Crippen LogP contribution in [0.3, 0.4) is 0 Å². The number of hydrogen-bond donors (Lipinski definition) is 2. The fraction of sp³-hybridized carbons (Fsp3) is 0.500. The molecular formula is C22H31N2O2S+. The van der Waals surface area contributed by atoms with Crippen molar-refractivity contribution in [3.8, 4) is 0 Å². The highest BCUT2D eigenvalue weighted by atomic mass is 32.1. The predicted molar refractivity (Wildman–Crippen MR) is 112 cm³/mol. The summed E-state index contributed by atoms with van der Waals surface area (Å²) < 4.78 is 5.82. The van der Waals surface area contributed by atoms with Crippen LogP contribution in [0.2, 0.25) is 0 Å². The zero-order chi connectivity index (χ0) is 19.2. The minimum Gasteiger partial charge on any atom is -0.372 e. The number of carbonyl (C=O) groups is 1. The average Bonchev–Trinajstić information content (AvgIpc) is 3.30. The Kier molecular flexibility index (Phi) is 7.05. The molecule has 27 heavy (non-hydrogen) atoms. The van der Waals surface area contributed by atoms with Gasteiger partial charge in [-0.05, 0) is 48.3 Å². The number of nitrogens with one attached hydrogen (secondary N) is 2. The molecule has 1 amide bonds. The van der Waals surface area contributed by atoms with Gasteiger partial charge in [-0.1, -0.05) is 38.1 Å². The van der Waals surface area contributed by atoms with E-state index in [1.807, 2.05) is 0 Å². The van der Waals surface area contributed by atoms with Gasteiger partial charge in [0.25, 0.3) is 5.91 Å². The van der Waals surface area contributed by atoms with E-state index in [4.69, 9.17) is 4.74 Å². The zero-order valence-electron chi connectivity index (χ0n) is 16.6. The first-order valence-electron chi connectivity index (χ1n) is 9.90. The summed E-state index contributed by atoms with van der Waals surface area (Å²) in [7, 11) is 0. The van der Waals surface area contributed by atoms with Gasteiger partial charge in [0.15, 0.2) is 6.54 Å². The lowest BCUT2D eigenvalue weighted by Crippen LogP contribution is -3.12. The number of para-hydroxylation sites is 1. The number of quaternary nitrogens is 1. The maximum Gasteiger partial charge on any atom is 0.279 e. The molecule has 3 rings (SSSR count). The van der Waals surface area contributed by atoms with E-state index in [0.29, 0.717) is 12.5 Å². The van der Waals surface area contributed by atoms with Crippen molar-refractivity contribution in [2.24, 2.45) is 0 Å². The molecule has 1 aliphatic heterocycles. The van der Waals surface area contributed by atoms with Crippen LogP contribution >= 0.6 is 11.3 Å². The topological polar surface area (TPSA) is 42.8 Å². The molecule has 2 atom stereocenters. The molecule has 0 radical (unpaired) electrons. The van der Waals surface area contributed by atoms with Crippen molar-refractivity contribution in [3.63, 3.8) is 0 Å². The molecule has 2 N–H and O–H groups in total. The van der Waals surface area contributed by atoms with Crippen molar-refractivity contribution in [1.29, 1.82) is 0 Å². The van der Waals surface area contributed by atoms with E-state index in [-0.39, 0.29) is 12.0 Å². The van der Waals surface area contributed by atoms with Gasteiger partial charge >= 0.3 is 0 Å². The summed E-state index contributed by atoms with van der Waals surface area (Å²) >= 11 is 1.76. The normalized spacial score (nSPS) is 18.0. The van der Waals surface area contributed by atoms with Gasteiger partial charge in [-0.15, -0.1) is 11.3 Å². The summed E-state index contributed by atoms with van der Waals surface area (Å²) in [6.45, 7) is 9.45. The number of amides is 1. The number of hydrogen-bond acceptors (Lipinski definition) is 3. The Morgan fingerprint density at radius 2 is 2.19 bits per heavy atom. The molecule has 0 spiro atoms. The van der Waals surface area contributed by atoms with Crippen LogP contribution in [-0.2, 0) is 16.1 Å². The van der Waals surface area contributed by atoms with Crippen molar-refractivity contribution in [1.82, 2.24) is 0 Å². The minimum atomic E-state index is 0.0794. The summed E-state index contributed by atoms with van der Waals surface area (Å²) in [6, 6.07) is 10.5. The summed E-state index contributed by atoms with van der Waals surface area (Å²) in [6.07, 6.45) is 2.51. The molecule has 0 bridgehead atoms. The third kappa shape index (κ3) is 5.64. The molecule has 1 aromatic heterocycles. The largest absolute Gasteiger partial charge is 0.372 e. The predicted octanol–water partition coefficient (Wildman–Crippen LogP) is 3.38. The highest BCUT2D eigenvalue weighted by Gasteiger charge is 2.25.